The summed E-state index contributed by atoms with van der Waals surface area (Å²) in [7, 11) is -3.22. The zero-order valence-corrected chi connectivity index (χ0v) is 21.1. The van der Waals surface area contributed by atoms with Crippen LogP contribution in [0.2, 0.25) is 0 Å². The standard InChI is InChI=1S/C24H29N9O3S/c1-37(34,35)33-8-6-18(7-9-33)36-24-19-5-3-2-4-15(19)10-17(32-24)13-29-23-20(22(28)30-14-31-23)21(27)16(11-25)12-26/h2-5,10-12,14,18,25-26H,6-9,13,27H2,1H3,(H3,28,29,30,31). The minimum absolute atomic E-state index is 0.113. The predicted octanol–water partition coefficient (Wildman–Crippen LogP) is 1.99. The summed E-state index contributed by atoms with van der Waals surface area (Å²) in [5, 5.41) is 20.0. The average Bonchev–Trinajstić information content (AvgIpc) is 2.88. The summed E-state index contributed by atoms with van der Waals surface area (Å²) in [6.07, 6.45) is 5.44. The molecule has 1 fully saturated rings. The quantitative estimate of drug-likeness (QED) is 0.260. The van der Waals surface area contributed by atoms with Crippen LogP contribution in [0.15, 0.2) is 42.2 Å². The maximum Gasteiger partial charge on any atom is 0.221 e. The van der Waals surface area contributed by atoms with E-state index in [4.69, 9.17) is 32.0 Å². The molecular formula is C24H29N9O3S. The second-order valence-electron chi connectivity index (χ2n) is 8.61. The first-order chi connectivity index (χ1) is 17.7. The summed E-state index contributed by atoms with van der Waals surface area (Å²) < 4.78 is 31.4. The highest BCUT2D eigenvalue weighted by atomic mass is 32.2. The maximum absolute atomic E-state index is 11.8. The zero-order valence-electron chi connectivity index (χ0n) is 20.3. The van der Waals surface area contributed by atoms with Crippen LogP contribution in [0.25, 0.3) is 16.5 Å². The van der Waals surface area contributed by atoms with Gasteiger partial charge in [0.25, 0.3) is 0 Å². The van der Waals surface area contributed by atoms with Gasteiger partial charge < -0.3 is 32.3 Å². The minimum atomic E-state index is -3.22. The molecule has 2 aromatic heterocycles. The Hall–Kier alpha value is -4.10. The van der Waals surface area contributed by atoms with E-state index in [0.717, 1.165) is 23.2 Å². The van der Waals surface area contributed by atoms with Crippen molar-refractivity contribution in [3.8, 4) is 5.88 Å². The third-order valence-electron chi connectivity index (χ3n) is 6.11. The van der Waals surface area contributed by atoms with E-state index in [0.29, 0.717) is 48.9 Å². The van der Waals surface area contributed by atoms with Crippen LogP contribution in [-0.2, 0) is 16.6 Å². The van der Waals surface area contributed by atoms with Gasteiger partial charge >= 0.3 is 0 Å². The molecule has 4 rings (SSSR count). The zero-order chi connectivity index (χ0) is 26.6. The number of hydrogen-bond donors (Lipinski definition) is 5. The minimum Gasteiger partial charge on any atom is -0.474 e. The molecule has 37 heavy (non-hydrogen) atoms. The summed E-state index contributed by atoms with van der Waals surface area (Å²) >= 11 is 0. The molecule has 3 heterocycles. The van der Waals surface area contributed by atoms with Crippen molar-refractivity contribution in [2.24, 2.45) is 5.73 Å². The second kappa shape index (κ2) is 10.9. The van der Waals surface area contributed by atoms with Crippen LogP contribution in [0.4, 0.5) is 11.6 Å². The number of aromatic nitrogens is 3. The number of hydrogen-bond acceptors (Lipinski definition) is 11. The smallest absolute Gasteiger partial charge is 0.221 e. The number of ether oxygens (including phenoxy) is 1. The Morgan fingerprint density at radius 1 is 1.22 bits per heavy atom. The Balaban J connectivity index is 1.59. The van der Waals surface area contributed by atoms with E-state index >= 15 is 0 Å². The molecule has 13 heteroatoms. The Labute approximate surface area is 214 Å². The molecule has 194 valence electrons. The van der Waals surface area contributed by atoms with Crippen LogP contribution in [0.5, 0.6) is 5.88 Å². The van der Waals surface area contributed by atoms with E-state index in [2.05, 4.69) is 15.3 Å². The number of sulfonamides is 1. The summed E-state index contributed by atoms with van der Waals surface area (Å²) in [6, 6.07) is 9.68. The number of pyridine rings is 1. The van der Waals surface area contributed by atoms with Crippen molar-refractivity contribution < 1.29 is 13.2 Å². The lowest BCUT2D eigenvalue weighted by molar-refractivity contribution is 0.132. The lowest BCUT2D eigenvalue weighted by Gasteiger charge is -2.30. The molecule has 0 amide bonds. The van der Waals surface area contributed by atoms with Gasteiger partial charge in [-0.25, -0.2) is 27.7 Å². The molecule has 0 bridgehead atoms. The fourth-order valence-electron chi connectivity index (χ4n) is 4.15. The number of anilines is 2. The molecule has 1 saturated heterocycles. The Bertz CT molecular complexity index is 1460. The fourth-order valence-corrected chi connectivity index (χ4v) is 5.03. The van der Waals surface area contributed by atoms with Gasteiger partial charge in [-0.1, -0.05) is 18.2 Å². The monoisotopic (exact) mass is 523 g/mol. The Morgan fingerprint density at radius 3 is 2.59 bits per heavy atom. The van der Waals surface area contributed by atoms with Gasteiger partial charge in [0.1, 0.15) is 24.1 Å². The molecule has 3 aromatic rings. The molecule has 1 aliphatic heterocycles. The first-order valence-electron chi connectivity index (χ1n) is 11.6. The molecule has 0 aliphatic carbocycles. The molecule has 0 radical (unpaired) electrons. The SMILES string of the molecule is CS(=O)(=O)N1CCC(Oc2nc(CNc3ncnc(N)c3C(N)=C(C=N)C=N)cc3ccccc23)CC1. The van der Waals surface area contributed by atoms with Crippen molar-refractivity contribution in [2.45, 2.75) is 25.5 Å². The van der Waals surface area contributed by atoms with Crippen molar-refractivity contribution in [3.05, 3.63) is 53.5 Å². The highest BCUT2D eigenvalue weighted by Gasteiger charge is 2.26. The summed E-state index contributed by atoms with van der Waals surface area (Å²) in [4.78, 5) is 13.0. The highest BCUT2D eigenvalue weighted by Crippen LogP contribution is 2.29. The molecule has 0 atom stereocenters. The molecule has 0 saturated carbocycles. The van der Waals surface area contributed by atoms with Crippen LogP contribution in [-0.4, -0.2) is 65.6 Å². The lowest BCUT2D eigenvalue weighted by atomic mass is 10.1. The number of nitrogen functional groups attached to an aromatic ring is 1. The Kier molecular flexibility index (Phi) is 7.64. The largest absolute Gasteiger partial charge is 0.474 e. The third-order valence-corrected chi connectivity index (χ3v) is 7.41. The Morgan fingerprint density at radius 2 is 1.92 bits per heavy atom. The van der Waals surface area contributed by atoms with Gasteiger partial charge in [-0.15, -0.1) is 0 Å². The van der Waals surface area contributed by atoms with Gasteiger partial charge in [-0.3, -0.25) is 0 Å². The van der Waals surface area contributed by atoms with Crippen molar-refractivity contribution in [1.82, 2.24) is 19.3 Å². The first-order valence-corrected chi connectivity index (χ1v) is 13.4. The van der Waals surface area contributed by atoms with Gasteiger partial charge in [0.2, 0.25) is 15.9 Å². The summed E-state index contributed by atoms with van der Waals surface area (Å²) in [6.45, 7) is 1.07. The number of nitrogens with zero attached hydrogens (tertiary/aromatic N) is 4. The van der Waals surface area contributed by atoms with Crippen molar-refractivity contribution in [1.29, 1.82) is 10.8 Å². The second-order valence-corrected chi connectivity index (χ2v) is 10.6. The fraction of sp³-hybridized carbons (Fsp3) is 0.292. The number of piperidine rings is 1. The van der Waals surface area contributed by atoms with Crippen LogP contribution >= 0.6 is 0 Å². The van der Waals surface area contributed by atoms with Gasteiger partial charge in [-0.2, -0.15) is 0 Å². The number of fused-ring (bicyclic) bond motifs is 1. The van der Waals surface area contributed by atoms with E-state index in [9.17, 15) is 8.42 Å². The van der Waals surface area contributed by atoms with Crippen molar-refractivity contribution in [2.75, 3.05) is 30.4 Å². The number of rotatable bonds is 9. The van der Waals surface area contributed by atoms with Gasteiger partial charge in [0.05, 0.1) is 29.8 Å². The molecule has 1 aromatic carbocycles. The molecule has 0 unspecified atom stereocenters. The normalized spacial score (nSPS) is 14.7. The summed E-state index contributed by atoms with van der Waals surface area (Å²) in [5.74, 6) is 0.938. The van der Waals surface area contributed by atoms with Gasteiger partial charge in [-0.05, 0) is 30.4 Å². The number of benzene rings is 1. The van der Waals surface area contributed by atoms with Crippen LogP contribution in [0.3, 0.4) is 0 Å². The van der Waals surface area contributed by atoms with Gasteiger partial charge in [0, 0.05) is 36.5 Å². The van der Waals surface area contributed by atoms with Crippen LogP contribution in [0.1, 0.15) is 24.1 Å². The van der Waals surface area contributed by atoms with Gasteiger partial charge in [0.15, 0.2) is 0 Å². The molecule has 12 nitrogen and oxygen atoms in total. The van der Waals surface area contributed by atoms with E-state index in [1.807, 2.05) is 30.3 Å². The molecule has 0 spiro atoms. The van der Waals surface area contributed by atoms with E-state index < -0.39 is 10.0 Å². The van der Waals surface area contributed by atoms with Crippen LogP contribution in [0, 0.1) is 10.8 Å². The maximum atomic E-state index is 11.8. The lowest BCUT2D eigenvalue weighted by Crippen LogP contribution is -2.41. The van der Waals surface area contributed by atoms with Crippen LogP contribution < -0.4 is 21.5 Å². The first kappa shape index (κ1) is 26.0. The molecule has 7 N–H and O–H groups in total. The average molecular weight is 524 g/mol. The number of nitrogens with two attached hydrogens (primary N) is 2. The van der Waals surface area contributed by atoms with Crippen molar-refractivity contribution in [3.63, 3.8) is 0 Å². The molecular weight excluding hydrogens is 494 g/mol. The van der Waals surface area contributed by atoms with E-state index in [-0.39, 0.29) is 29.7 Å². The van der Waals surface area contributed by atoms with E-state index in [1.165, 1.54) is 16.9 Å². The highest BCUT2D eigenvalue weighted by molar-refractivity contribution is 7.88. The van der Waals surface area contributed by atoms with E-state index in [1.54, 1.807) is 0 Å². The predicted molar refractivity (Wildman–Crippen MR) is 144 cm³/mol. The molecule has 1 aliphatic rings. The topological polar surface area (TPSA) is 197 Å². The number of nitrogens with one attached hydrogen (secondary N) is 3. The summed E-state index contributed by atoms with van der Waals surface area (Å²) in [5.41, 5.74) is 13.5. The van der Waals surface area contributed by atoms with Crippen molar-refractivity contribution >= 4 is 50.6 Å². The number of allylic oxidation sites excluding steroid dienone is 1. The third kappa shape index (κ3) is 5.84.